The lowest BCUT2D eigenvalue weighted by Gasteiger charge is -2.39. The van der Waals surface area contributed by atoms with Gasteiger partial charge in [0.05, 0.1) is 91.3 Å². The number of anilines is 5. The first-order valence-corrected chi connectivity index (χ1v) is 30.5. The average molecular weight is 1170 g/mol. The zero-order valence-electron chi connectivity index (χ0n) is 49.1. The Kier molecular flexibility index (Phi) is 21.6. The van der Waals surface area contributed by atoms with Crippen LogP contribution in [0.15, 0.2) is 84.0 Å². The predicted octanol–water partition coefficient (Wildman–Crippen LogP) is 8.22. The van der Waals surface area contributed by atoms with Crippen molar-refractivity contribution in [3.8, 4) is 11.5 Å². The third kappa shape index (κ3) is 16.2. The van der Waals surface area contributed by atoms with Crippen LogP contribution >= 0.6 is 11.6 Å². The first-order valence-electron chi connectivity index (χ1n) is 28.6. The van der Waals surface area contributed by atoms with E-state index in [0.717, 1.165) is 72.8 Å². The topological polar surface area (TPSA) is 211 Å². The second-order valence-electron chi connectivity index (χ2n) is 22.8. The Morgan fingerprint density at radius 3 is 2.37 bits per heavy atom. The van der Waals surface area contributed by atoms with Gasteiger partial charge in [-0.15, -0.1) is 0 Å². The van der Waals surface area contributed by atoms with E-state index in [9.17, 15) is 18.0 Å². The van der Waals surface area contributed by atoms with Crippen molar-refractivity contribution in [1.29, 1.82) is 0 Å². The minimum Gasteiger partial charge on any atom is -0.491 e. The molecule has 0 bridgehead atoms. The molecule has 5 heterocycles. The van der Waals surface area contributed by atoms with Crippen molar-refractivity contribution in [2.45, 2.75) is 114 Å². The fourth-order valence-corrected chi connectivity index (χ4v) is 12.2. The van der Waals surface area contributed by atoms with E-state index >= 15 is 0 Å². The van der Waals surface area contributed by atoms with Gasteiger partial charge in [0, 0.05) is 63.4 Å². The summed E-state index contributed by atoms with van der Waals surface area (Å²) in [6.45, 7) is 23.0. The van der Waals surface area contributed by atoms with Crippen LogP contribution in [0.1, 0.15) is 95.2 Å². The van der Waals surface area contributed by atoms with Crippen LogP contribution in [0.5, 0.6) is 11.5 Å². The Bertz CT molecular complexity index is 3090. The number of sulfone groups is 1. The highest BCUT2D eigenvalue weighted by Gasteiger charge is 2.41. The molecular formula is C61H83ClN10O9S. The number of fused-ring (bicyclic) bond motifs is 1. The van der Waals surface area contributed by atoms with Crippen molar-refractivity contribution >= 4 is 62.1 Å². The first-order chi connectivity index (χ1) is 39.3. The molecule has 3 aromatic carbocycles. The highest BCUT2D eigenvalue weighted by molar-refractivity contribution is 7.92. The fraction of sp³-hybridized carbons (Fsp3) is 0.525. The summed E-state index contributed by atoms with van der Waals surface area (Å²) in [5.74, 6) is 2.24. The van der Waals surface area contributed by atoms with Gasteiger partial charge in [0.1, 0.15) is 23.1 Å². The smallest absolute Gasteiger partial charge is 0.241 e. The van der Waals surface area contributed by atoms with Crippen LogP contribution in [0.4, 0.5) is 28.8 Å². The molecule has 19 nitrogen and oxygen atoms in total. The van der Waals surface area contributed by atoms with Crippen molar-refractivity contribution < 1.29 is 41.7 Å². The number of benzene rings is 3. The van der Waals surface area contributed by atoms with Gasteiger partial charge in [0.15, 0.2) is 15.7 Å². The van der Waals surface area contributed by atoms with Crippen LogP contribution in [0, 0.1) is 6.92 Å². The van der Waals surface area contributed by atoms with Crippen molar-refractivity contribution in [3.63, 3.8) is 0 Å². The first kappa shape index (κ1) is 62.1. The van der Waals surface area contributed by atoms with E-state index in [1.54, 1.807) is 45.2 Å². The van der Waals surface area contributed by atoms with Gasteiger partial charge in [-0.05, 0) is 132 Å². The number of piperazine rings is 1. The number of carbonyl (C=O) groups excluding carboxylic acids is 2. The average Bonchev–Trinajstić information content (AvgIpc) is 3.99. The Morgan fingerprint density at radius 2 is 1.61 bits per heavy atom. The van der Waals surface area contributed by atoms with Gasteiger partial charge in [-0.2, -0.15) is 4.98 Å². The van der Waals surface area contributed by atoms with E-state index in [1.165, 1.54) is 11.8 Å². The normalized spacial score (nSPS) is 17.7. The Labute approximate surface area is 489 Å². The van der Waals surface area contributed by atoms with E-state index in [-0.39, 0.29) is 57.0 Å². The van der Waals surface area contributed by atoms with Gasteiger partial charge >= 0.3 is 0 Å². The molecule has 0 unspecified atom stereocenters. The van der Waals surface area contributed by atoms with Gasteiger partial charge in [-0.1, -0.05) is 55.8 Å². The van der Waals surface area contributed by atoms with Crippen molar-refractivity contribution in [3.05, 3.63) is 112 Å². The number of hydrogen-bond acceptors (Lipinski definition) is 17. The number of ether oxygens (including phenoxy) is 5. The summed E-state index contributed by atoms with van der Waals surface area (Å²) in [5.41, 5.74) is 6.89. The summed E-state index contributed by atoms with van der Waals surface area (Å²) >= 11 is 6.53. The van der Waals surface area contributed by atoms with Crippen LogP contribution in [0.2, 0.25) is 5.02 Å². The number of piperidine rings is 1. The molecule has 3 aliphatic heterocycles. The highest BCUT2D eigenvalue weighted by Crippen LogP contribution is 2.41. The maximum atomic E-state index is 14.0. The molecule has 21 heteroatoms. The molecule has 2 saturated heterocycles. The number of nitrogens with one attached hydrogen (secondary N) is 4. The number of nitrogens with zero attached hydrogens (tertiary/aromatic N) is 6. The molecule has 0 radical (unpaired) electrons. The number of carbonyl (C=O) groups is 2. The minimum absolute atomic E-state index is 0.0382. The highest BCUT2D eigenvalue weighted by atomic mass is 35.5. The quantitative estimate of drug-likeness (QED) is 0.0365. The van der Waals surface area contributed by atoms with Crippen LogP contribution in [-0.2, 0) is 45.5 Å². The third-order valence-corrected chi connectivity index (χ3v) is 17.6. The lowest BCUT2D eigenvalue weighted by atomic mass is 9.86. The number of pyridine rings is 1. The van der Waals surface area contributed by atoms with Crippen molar-refractivity contribution in [2.75, 3.05) is 115 Å². The molecule has 2 aromatic heterocycles. The molecule has 0 spiro atoms. The van der Waals surface area contributed by atoms with Crippen molar-refractivity contribution in [1.82, 2.24) is 35.4 Å². The maximum Gasteiger partial charge on any atom is 0.241 e. The number of methoxy groups -OCH3 is 1. The molecule has 5 aromatic rings. The second kappa shape index (κ2) is 28.5. The molecular weight excluding hydrogens is 1080 g/mol. The molecule has 8 rings (SSSR count). The number of rotatable bonds is 27. The zero-order chi connectivity index (χ0) is 58.6. The monoisotopic (exact) mass is 1170 g/mol. The summed E-state index contributed by atoms with van der Waals surface area (Å²) in [6, 6.07) is 21.3. The zero-order valence-corrected chi connectivity index (χ0v) is 50.6. The van der Waals surface area contributed by atoms with E-state index in [2.05, 4.69) is 86.9 Å². The molecule has 2 fully saturated rings. The largest absolute Gasteiger partial charge is 0.491 e. The molecule has 0 saturated carbocycles. The molecule has 444 valence electrons. The van der Waals surface area contributed by atoms with Gasteiger partial charge in [0.2, 0.25) is 17.8 Å². The minimum atomic E-state index is -3.59. The summed E-state index contributed by atoms with van der Waals surface area (Å²) < 4.78 is 55.9. The molecule has 2 atom stereocenters. The Hall–Kier alpha value is -5.97. The fourth-order valence-electron chi connectivity index (χ4n) is 10.8. The van der Waals surface area contributed by atoms with Gasteiger partial charge < -0.3 is 49.9 Å². The van der Waals surface area contributed by atoms with Crippen LogP contribution in [0.3, 0.4) is 0 Å². The Balaban J connectivity index is 0.732. The van der Waals surface area contributed by atoms with Crippen molar-refractivity contribution in [2.24, 2.45) is 0 Å². The van der Waals surface area contributed by atoms with Gasteiger partial charge in [-0.3, -0.25) is 24.4 Å². The number of hydrogen-bond donors (Lipinski definition) is 4. The number of aromatic nitrogens is 3. The van der Waals surface area contributed by atoms with Crippen LogP contribution in [-0.4, -0.2) is 168 Å². The third-order valence-electron chi connectivity index (χ3n) is 15.1. The maximum absolute atomic E-state index is 14.0. The lowest BCUT2D eigenvalue weighted by molar-refractivity contribution is -0.123. The molecule has 4 N–H and O–H groups in total. The molecule has 2 amide bonds. The van der Waals surface area contributed by atoms with Crippen LogP contribution in [0.25, 0.3) is 0 Å². The second-order valence-corrected chi connectivity index (χ2v) is 25.7. The number of likely N-dealkylation sites (tertiary alicyclic amines) is 1. The molecule has 3 aliphatic rings. The number of aryl methyl sites for hydroxylation is 1. The molecule has 0 aliphatic carbocycles. The van der Waals surface area contributed by atoms with Gasteiger partial charge in [-0.25, -0.2) is 13.4 Å². The van der Waals surface area contributed by atoms with E-state index in [1.807, 2.05) is 49.2 Å². The Morgan fingerprint density at radius 1 is 0.878 bits per heavy atom. The van der Waals surface area contributed by atoms with Gasteiger partial charge in [0.25, 0.3) is 0 Å². The van der Waals surface area contributed by atoms with E-state index in [0.29, 0.717) is 95.4 Å². The standard InChI is InChI=1S/C61H83ClN10O9S/c1-40(2)81-54-31-48(42(5)28-51(54)68-60-66-34-49(62)59(69-60)67-50-15-11-13-17-55(50)82(75,76)41(3)4)45-18-21-70(22-19-45)36-56(73)63-20-23-78-24-25-79-26-27-80-53-16-12-10-14-46(53)29-44-30-52-58(65-32-44)61(7,8)39-72(52)57(74)37-71-35-43(6)64-33-47(71)38-77-9/h10-17,28,30-32,34,40-41,43,45,47,64H,18-27,29,33,35-39H2,1-9H3,(H,63,73)(H2,66,67,68,69)/t43-,47-/m1/s1. The van der Waals surface area contributed by atoms with E-state index in [4.69, 9.17) is 40.3 Å². The summed E-state index contributed by atoms with van der Waals surface area (Å²) in [7, 11) is -1.89. The molecule has 82 heavy (non-hydrogen) atoms. The van der Waals surface area contributed by atoms with E-state index < -0.39 is 15.1 Å². The number of para-hydroxylation sites is 2. The predicted molar refractivity (Wildman–Crippen MR) is 321 cm³/mol. The number of halogens is 1. The summed E-state index contributed by atoms with van der Waals surface area (Å²) in [5, 5.41) is 12.6. The summed E-state index contributed by atoms with van der Waals surface area (Å²) in [6.07, 6.45) is 5.64. The lowest BCUT2D eigenvalue weighted by Crippen LogP contribution is -2.59. The summed E-state index contributed by atoms with van der Waals surface area (Å²) in [4.78, 5) is 47.4. The van der Waals surface area contributed by atoms with Crippen LogP contribution < -0.4 is 35.6 Å². The number of amides is 2. The SMILES string of the molecule is COC[C@H]1CN[C@H](C)CN1CC(=O)N1CC(C)(C)c2ncc(Cc3ccccc3OCCOCCOCCNC(=O)CN3CCC(c4cc(OC(C)C)c(Nc5ncc(Cl)c(Nc6ccccc6S(=O)(=O)C(C)C)n5)cc4C)CC3)cc21.